The van der Waals surface area contributed by atoms with Gasteiger partial charge in [0.15, 0.2) is 12.3 Å². The third-order valence-corrected chi connectivity index (χ3v) is 3.44. The molecule has 2 N–H and O–H groups in total. The van der Waals surface area contributed by atoms with Gasteiger partial charge in [-0.25, -0.2) is 4.39 Å². The molecule has 2 aromatic carbocycles. The molecule has 0 aliphatic carbocycles. The maximum Gasteiger partial charge on any atom is 0.279 e. The molecule has 1 atom stereocenters. The smallest absolute Gasteiger partial charge is 0.279 e. The molecule has 0 heterocycles. The normalized spacial score (nSPS) is 11.8. The van der Waals surface area contributed by atoms with E-state index in [-0.39, 0.29) is 24.1 Å². The number of carbonyl (C=O) groups excluding carboxylic acids is 2. The highest BCUT2D eigenvalue weighted by Crippen LogP contribution is 2.15. The van der Waals surface area contributed by atoms with Crippen LogP contribution in [-0.4, -0.2) is 25.3 Å². The number of halogens is 1. The lowest BCUT2D eigenvalue weighted by Crippen LogP contribution is -3.08. The van der Waals surface area contributed by atoms with E-state index in [1.54, 1.807) is 30.3 Å². The Balaban J connectivity index is 1.96. The largest absolute Gasteiger partial charge is 0.326 e. The van der Waals surface area contributed by atoms with E-state index in [9.17, 15) is 14.0 Å². The first-order chi connectivity index (χ1) is 11.0. The van der Waals surface area contributed by atoms with E-state index in [1.165, 1.54) is 19.1 Å². The zero-order chi connectivity index (χ0) is 16.8. The van der Waals surface area contributed by atoms with E-state index < -0.39 is 0 Å². The molecule has 0 fully saturated rings. The molecule has 2 aromatic rings. The highest BCUT2D eigenvalue weighted by atomic mass is 19.1. The summed E-state index contributed by atoms with van der Waals surface area (Å²) in [5, 5.41) is 2.77. The Morgan fingerprint density at radius 3 is 2.57 bits per heavy atom. The first-order valence-corrected chi connectivity index (χ1v) is 7.41. The van der Waals surface area contributed by atoms with Crippen LogP contribution in [0.5, 0.6) is 0 Å². The van der Waals surface area contributed by atoms with Crippen molar-refractivity contribution in [1.82, 2.24) is 0 Å². The van der Waals surface area contributed by atoms with Crippen LogP contribution in [0, 0.1) is 5.82 Å². The van der Waals surface area contributed by atoms with Crippen LogP contribution in [0.2, 0.25) is 0 Å². The fourth-order valence-corrected chi connectivity index (χ4v) is 2.43. The molecule has 0 saturated heterocycles. The van der Waals surface area contributed by atoms with Crippen molar-refractivity contribution in [3.05, 3.63) is 65.5 Å². The van der Waals surface area contributed by atoms with Gasteiger partial charge in [0.25, 0.3) is 5.91 Å². The maximum atomic E-state index is 13.2. The number of hydrogen-bond donors (Lipinski definition) is 2. The van der Waals surface area contributed by atoms with Gasteiger partial charge in [-0.2, -0.15) is 0 Å². The maximum absolute atomic E-state index is 13.2. The number of anilines is 1. The minimum absolute atomic E-state index is 0.0960. The van der Waals surface area contributed by atoms with Crippen molar-refractivity contribution in [2.75, 3.05) is 18.9 Å². The molecule has 0 saturated carbocycles. The molecular formula is C18H20FN2O2+. The summed E-state index contributed by atoms with van der Waals surface area (Å²) in [5.74, 6) is -0.566. The molecule has 4 nitrogen and oxygen atoms in total. The number of benzene rings is 2. The Kier molecular flexibility index (Phi) is 5.60. The third kappa shape index (κ3) is 5.00. The van der Waals surface area contributed by atoms with Crippen LogP contribution < -0.4 is 10.2 Å². The highest BCUT2D eigenvalue weighted by molar-refractivity contribution is 6.03. The van der Waals surface area contributed by atoms with Crippen LogP contribution in [0.15, 0.2) is 48.5 Å². The molecule has 0 aliphatic rings. The third-order valence-electron chi connectivity index (χ3n) is 3.44. The van der Waals surface area contributed by atoms with Gasteiger partial charge < -0.3 is 10.2 Å². The molecule has 23 heavy (non-hydrogen) atoms. The first kappa shape index (κ1) is 16.8. The van der Waals surface area contributed by atoms with Crippen molar-refractivity contribution in [3.8, 4) is 0 Å². The topological polar surface area (TPSA) is 50.6 Å². The molecule has 5 heteroatoms. The molecule has 120 valence electrons. The highest BCUT2D eigenvalue weighted by Gasteiger charge is 2.14. The average molecular weight is 315 g/mol. The van der Waals surface area contributed by atoms with Gasteiger partial charge in [0.05, 0.1) is 12.7 Å². The summed E-state index contributed by atoms with van der Waals surface area (Å²) in [4.78, 5) is 24.6. The number of nitrogens with one attached hydrogen (secondary N) is 2. The van der Waals surface area contributed by atoms with Crippen molar-refractivity contribution in [2.45, 2.75) is 13.5 Å². The van der Waals surface area contributed by atoms with E-state index in [1.807, 2.05) is 13.1 Å². The van der Waals surface area contributed by atoms with E-state index in [0.29, 0.717) is 17.8 Å². The summed E-state index contributed by atoms with van der Waals surface area (Å²) >= 11 is 0. The molecule has 0 radical (unpaired) electrons. The first-order valence-electron chi connectivity index (χ1n) is 7.41. The van der Waals surface area contributed by atoms with Gasteiger partial charge in [0.1, 0.15) is 12.4 Å². The molecule has 0 bridgehead atoms. The number of para-hydroxylation sites is 1. The standard InChI is InChI=1S/C18H19FN2O2/c1-13(22)16-8-3-4-9-17(16)20-18(23)12-21(2)11-14-6-5-7-15(19)10-14/h3-10H,11-12H2,1-2H3,(H,20,23)/p+1. The number of carbonyl (C=O) groups is 2. The summed E-state index contributed by atoms with van der Waals surface area (Å²) in [7, 11) is 1.86. The van der Waals surface area contributed by atoms with Crippen LogP contribution in [-0.2, 0) is 11.3 Å². The van der Waals surface area contributed by atoms with Crippen LogP contribution in [0.4, 0.5) is 10.1 Å². The van der Waals surface area contributed by atoms with Gasteiger partial charge in [0, 0.05) is 11.1 Å². The van der Waals surface area contributed by atoms with E-state index in [0.717, 1.165) is 10.5 Å². The Labute approximate surface area is 134 Å². The summed E-state index contributed by atoms with van der Waals surface area (Å²) in [6.45, 7) is 2.23. The Bertz CT molecular complexity index is 716. The summed E-state index contributed by atoms with van der Waals surface area (Å²) < 4.78 is 13.2. The van der Waals surface area contributed by atoms with Crippen molar-refractivity contribution in [3.63, 3.8) is 0 Å². The van der Waals surface area contributed by atoms with Gasteiger partial charge in [-0.1, -0.05) is 24.3 Å². The average Bonchev–Trinajstić information content (AvgIpc) is 2.47. The van der Waals surface area contributed by atoms with Gasteiger partial charge in [-0.3, -0.25) is 9.59 Å². The fourth-order valence-electron chi connectivity index (χ4n) is 2.43. The van der Waals surface area contributed by atoms with Crippen LogP contribution >= 0.6 is 0 Å². The SMILES string of the molecule is CC(=O)c1ccccc1NC(=O)C[NH+](C)Cc1cccc(F)c1. The number of amides is 1. The molecule has 1 amide bonds. The fraction of sp³-hybridized carbons (Fsp3) is 0.222. The molecular weight excluding hydrogens is 295 g/mol. The van der Waals surface area contributed by atoms with E-state index >= 15 is 0 Å². The molecule has 0 aliphatic heterocycles. The van der Waals surface area contributed by atoms with Crippen LogP contribution in [0.3, 0.4) is 0 Å². The lowest BCUT2D eigenvalue weighted by atomic mass is 10.1. The second-order valence-corrected chi connectivity index (χ2v) is 5.59. The van der Waals surface area contributed by atoms with Crippen molar-refractivity contribution in [1.29, 1.82) is 0 Å². The number of likely N-dealkylation sites (N-methyl/N-ethyl adjacent to an activating group) is 1. The lowest BCUT2D eigenvalue weighted by Gasteiger charge is -2.15. The minimum atomic E-state index is -0.282. The summed E-state index contributed by atoms with van der Waals surface area (Å²) in [6, 6.07) is 13.3. The number of hydrogen-bond acceptors (Lipinski definition) is 2. The number of rotatable bonds is 6. The monoisotopic (exact) mass is 315 g/mol. The number of quaternary nitrogens is 1. The molecule has 0 aromatic heterocycles. The van der Waals surface area contributed by atoms with Crippen LogP contribution in [0.25, 0.3) is 0 Å². The van der Waals surface area contributed by atoms with Crippen molar-refractivity contribution >= 4 is 17.4 Å². The van der Waals surface area contributed by atoms with Gasteiger partial charge >= 0.3 is 0 Å². The van der Waals surface area contributed by atoms with Crippen molar-refractivity contribution < 1.29 is 18.9 Å². The van der Waals surface area contributed by atoms with Gasteiger partial charge in [-0.05, 0) is 31.2 Å². The predicted octanol–water partition coefficient (Wildman–Crippen LogP) is 1.68. The lowest BCUT2D eigenvalue weighted by molar-refractivity contribution is -0.885. The Hall–Kier alpha value is -2.53. The molecule has 2 rings (SSSR count). The van der Waals surface area contributed by atoms with Crippen molar-refractivity contribution in [2.24, 2.45) is 0 Å². The minimum Gasteiger partial charge on any atom is -0.326 e. The van der Waals surface area contributed by atoms with Gasteiger partial charge in [0.2, 0.25) is 0 Å². The second-order valence-electron chi connectivity index (χ2n) is 5.59. The molecule has 0 spiro atoms. The van der Waals surface area contributed by atoms with Crippen LogP contribution in [0.1, 0.15) is 22.8 Å². The van der Waals surface area contributed by atoms with E-state index in [4.69, 9.17) is 0 Å². The number of Topliss-reactive ketones (excluding diaryl/α,β-unsaturated/α-hetero) is 1. The van der Waals surface area contributed by atoms with E-state index in [2.05, 4.69) is 5.32 Å². The molecule has 1 unspecified atom stereocenters. The zero-order valence-corrected chi connectivity index (χ0v) is 13.2. The Morgan fingerprint density at radius 2 is 1.87 bits per heavy atom. The summed E-state index contributed by atoms with van der Waals surface area (Å²) in [5.41, 5.74) is 1.84. The second kappa shape index (κ2) is 7.65. The quantitative estimate of drug-likeness (QED) is 0.797. The predicted molar refractivity (Wildman–Crippen MR) is 86.9 cm³/mol. The number of ketones is 1. The summed E-state index contributed by atoms with van der Waals surface area (Å²) in [6.07, 6.45) is 0. The zero-order valence-electron chi connectivity index (χ0n) is 13.2. The Morgan fingerprint density at radius 1 is 1.13 bits per heavy atom. The van der Waals surface area contributed by atoms with Gasteiger partial charge in [-0.15, -0.1) is 0 Å².